The Morgan fingerprint density at radius 2 is 1.50 bits per heavy atom. The summed E-state index contributed by atoms with van der Waals surface area (Å²) < 4.78 is 0. The number of aliphatic hydroxyl groups is 5. The van der Waals surface area contributed by atoms with E-state index < -0.39 is 37.0 Å². The zero-order chi connectivity index (χ0) is 10.6. The standard InChI is InChI=1S/C6H12O7.Sr.2H/c7-1-2(8)3(9)4(10)5(11)6(12)13;;;/h2-5,7-11H,1H2,(H,12,13);;;. The van der Waals surface area contributed by atoms with Gasteiger partial charge in [-0.1, -0.05) is 0 Å². The molecule has 0 aromatic heterocycles. The summed E-state index contributed by atoms with van der Waals surface area (Å²) in [4.78, 5) is 10.1. The molecule has 0 saturated heterocycles. The second-order valence-electron chi connectivity index (χ2n) is 2.51. The molecule has 0 aromatic carbocycles. The van der Waals surface area contributed by atoms with Crippen LogP contribution >= 0.6 is 0 Å². The van der Waals surface area contributed by atoms with E-state index in [1.54, 1.807) is 0 Å². The normalized spacial score (nSPS) is 18.9. The van der Waals surface area contributed by atoms with Gasteiger partial charge in [0.25, 0.3) is 0 Å². The van der Waals surface area contributed by atoms with Crippen molar-refractivity contribution < 1.29 is 35.4 Å². The second kappa shape index (κ2) is 7.97. The summed E-state index contributed by atoms with van der Waals surface area (Å²) in [6, 6.07) is 0. The Labute approximate surface area is 117 Å². The van der Waals surface area contributed by atoms with Crippen molar-refractivity contribution >= 4 is 51.5 Å². The minimum atomic E-state index is -2.20. The summed E-state index contributed by atoms with van der Waals surface area (Å²) in [6.45, 7) is -0.843. The van der Waals surface area contributed by atoms with Crippen LogP contribution in [0.2, 0.25) is 0 Å². The fourth-order valence-corrected chi connectivity index (χ4v) is 0.668. The summed E-state index contributed by atoms with van der Waals surface area (Å²) in [6.07, 6.45) is -7.84. The molecule has 0 saturated carbocycles. The van der Waals surface area contributed by atoms with E-state index in [1.807, 2.05) is 0 Å². The number of hydrogen-bond acceptors (Lipinski definition) is 6. The molecule has 0 aliphatic heterocycles. The molecule has 82 valence electrons. The van der Waals surface area contributed by atoms with E-state index in [0.29, 0.717) is 0 Å². The van der Waals surface area contributed by atoms with Crippen LogP contribution in [0.25, 0.3) is 0 Å². The van der Waals surface area contributed by atoms with E-state index in [4.69, 9.17) is 30.6 Å². The topological polar surface area (TPSA) is 138 Å². The first-order valence-corrected chi connectivity index (χ1v) is 3.47. The van der Waals surface area contributed by atoms with Crippen molar-refractivity contribution in [3.8, 4) is 0 Å². The number of hydrogen-bond donors (Lipinski definition) is 6. The zero-order valence-corrected chi connectivity index (χ0v) is 6.61. The molecule has 4 atom stereocenters. The van der Waals surface area contributed by atoms with Gasteiger partial charge in [0, 0.05) is 0 Å². The van der Waals surface area contributed by atoms with Crippen LogP contribution in [0.3, 0.4) is 0 Å². The van der Waals surface area contributed by atoms with Crippen molar-refractivity contribution in [1.29, 1.82) is 0 Å². The Kier molecular flexibility index (Phi) is 9.76. The Morgan fingerprint density at radius 3 is 1.79 bits per heavy atom. The van der Waals surface area contributed by atoms with Gasteiger partial charge in [0.1, 0.15) is 18.3 Å². The molecule has 6 N–H and O–H groups in total. The van der Waals surface area contributed by atoms with Crippen LogP contribution in [0.4, 0.5) is 0 Å². The first-order chi connectivity index (χ1) is 5.91. The first kappa shape index (κ1) is 17.2. The zero-order valence-electron chi connectivity index (χ0n) is 6.61. The molecule has 0 rings (SSSR count). The number of carboxylic acid groups (broad SMARTS) is 1. The van der Waals surface area contributed by atoms with E-state index in [1.165, 1.54) is 0 Å². The average Bonchev–Trinajstić information content (AvgIpc) is 2.12. The summed E-state index contributed by atoms with van der Waals surface area (Å²) in [5.41, 5.74) is 0. The van der Waals surface area contributed by atoms with Gasteiger partial charge in [-0.25, -0.2) is 4.79 Å². The van der Waals surface area contributed by atoms with Crippen molar-refractivity contribution in [1.82, 2.24) is 0 Å². The Hall–Kier alpha value is 0.751. The van der Waals surface area contributed by atoms with Crippen molar-refractivity contribution in [2.45, 2.75) is 24.4 Å². The summed E-state index contributed by atoms with van der Waals surface area (Å²) >= 11 is 0. The number of rotatable bonds is 5. The Bertz CT molecular complexity index is 176. The predicted octanol–water partition coefficient (Wildman–Crippen LogP) is -4.41. The fraction of sp³-hybridized carbons (Fsp3) is 0.833. The van der Waals surface area contributed by atoms with E-state index in [9.17, 15) is 4.79 Å². The molecule has 0 fully saturated rings. The Morgan fingerprint density at radius 1 is 1.07 bits per heavy atom. The van der Waals surface area contributed by atoms with Gasteiger partial charge < -0.3 is 30.6 Å². The Balaban J connectivity index is 0. The van der Waals surface area contributed by atoms with Gasteiger partial charge in [-0.15, -0.1) is 0 Å². The van der Waals surface area contributed by atoms with Crippen LogP contribution in [0.15, 0.2) is 0 Å². The van der Waals surface area contributed by atoms with Crippen LogP contribution in [0.5, 0.6) is 0 Å². The van der Waals surface area contributed by atoms with Crippen molar-refractivity contribution in [3.05, 3.63) is 0 Å². The molecular weight excluding hydrogens is 272 g/mol. The number of aliphatic carboxylic acids is 1. The molecule has 0 aliphatic carbocycles. The SMILES string of the molecule is O=C(O)C(O)C(O)C(O)C(O)CO.[SrH2]. The van der Waals surface area contributed by atoms with Crippen LogP contribution in [-0.2, 0) is 4.79 Å². The van der Waals surface area contributed by atoms with E-state index in [2.05, 4.69) is 0 Å². The summed E-state index contributed by atoms with van der Waals surface area (Å²) in [7, 11) is 0. The number of aliphatic hydroxyl groups excluding tert-OH is 5. The fourth-order valence-electron chi connectivity index (χ4n) is 0.668. The van der Waals surface area contributed by atoms with E-state index in [-0.39, 0.29) is 45.5 Å². The molecule has 0 heterocycles. The maximum absolute atomic E-state index is 10.1. The molecular formula is C6H14O7Sr. The molecule has 0 amide bonds. The summed E-state index contributed by atoms with van der Waals surface area (Å²) in [5, 5.41) is 51.8. The molecule has 0 aromatic rings. The molecule has 0 spiro atoms. The average molecular weight is 286 g/mol. The first-order valence-electron chi connectivity index (χ1n) is 3.47. The van der Waals surface area contributed by atoms with Gasteiger partial charge in [-0.3, -0.25) is 0 Å². The van der Waals surface area contributed by atoms with Gasteiger partial charge >= 0.3 is 51.5 Å². The monoisotopic (exact) mass is 286 g/mol. The van der Waals surface area contributed by atoms with Crippen molar-refractivity contribution in [3.63, 3.8) is 0 Å². The molecule has 0 aliphatic rings. The van der Waals surface area contributed by atoms with Crippen LogP contribution in [0.1, 0.15) is 0 Å². The molecule has 7 nitrogen and oxygen atoms in total. The van der Waals surface area contributed by atoms with E-state index in [0.717, 1.165) is 0 Å². The molecule has 4 unspecified atom stereocenters. The van der Waals surface area contributed by atoms with Gasteiger partial charge in [0.05, 0.1) is 6.61 Å². The second-order valence-corrected chi connectivity index (χ2v) is 2.51. The predicted molar refractivity (Wildman–Crippen MR) is 47.3 cm³/mol. The van der Waals surface area contributed by atoms with Crippen molar-refractivity contribution in [2.75, 3.05) is 6.61 Å². The molecule has 0 bridgehead atoms. The van der Waals surface area contributed by atoms with Crippen LogP contribution in [0, 0.1) is 0 Å². The molecule has 0 radical (unpaired) electrons. The van der Waals surface area contributed by atoms with E-state index >= 15 is 0 Å². The van der Waals surface area contributed by atoms with Crippen LogP contribution in [-0.4, -0.2) is 113 Å². The van der Waals surface area contributed by atoms with Gasteiger partial charge in [-0.2, -0.15) is 0 Å². The molecule has 14 heavy (non-hydrogen) atoms. The minimum absolute atomic E-state index is 0. The number of carboxylic acids is 1. The quantitative estimate of drug-likeness (QED) is 0.280. The maximum atomic E-state index is 10.1. The van der Waals surface area contributed by atoms with Gasteiger partial charge in [0.15, 0.2) is 6.10 Å². The third-order valence-corrected chi connectivity index (χ3v) is 1.51. The number of carbonyl (C=O) groups is 1. The van der Waals surface area contributed by atoms with Crippen LogP contribution < -0.4 is 0 Å². The molecule has 8 heteroatoms. The third kappa shape index (κ3) is 5.01. The third-order valence-electron chi connectivity index (χ3n) is 1.51. The van der Waals surface area contributed by atoms with Gasteiger partial charge in [-0.05, 0) is 0 Å². The summed E-state index contributed by atoms with van der Waals surface area (Å²) in [5.74, 6) is -1.73. The van der Waals surface area contributed by atoms with Crippen molar-refractivity contribution in [2.24, 2.45) is 0 Å². The van der Waals surface area contributed by atoms with Gasteiger partial charge in [0.2, 0.25) is 0 Å².